The summed E-state index contributed by atoms with van der Waals surface area (Å²) in [7, 11) is 3.10. The van der Waals surface area contributed by atoms with Crippen LogP contribution in [0.3, 0.4) is 0 Å². The van der Waals surface area contributed by atoms with Crippen molar-refractivity contribution < 1.29 is 69.1 Å². The first-order valence-corrected chi connectivity index (χ1v) is 28.8. The quantitative estimate of drug-likeness (QED) is 0.0403. The minimum atomic E-state index is -1.01. The Morgan fingerprint density at radius 1 is 0.494 bits per heavy atom. The van der Waals surface area contributed by atoms with Crippen LogP contribution in [0.25, 0.3) is 44.6 Å². The van der Waals surface area contributed by atoms with Gasteiger partial charge in [-0.15, -0.1) is 0 Å². The predicted molar refractivity (Wildman–Crippen MR) is 316 cm³/mol. The molecule has 0 aliphatic carbocycles. The van der Waals surface area contributed by atoms with E-state index >= 15 is 17.6 Å². The summed E-state index contributed by atoms with van der Waals surface area (Å²) in [5.74, 6) is -5.94. The van der Waals surface area contributed by atoms with E-state index in [2.05, 4.69) is 9.97 Å². The van der Waals surface area contributed by atoms with Crippen molar-refractivity contribution in [3.05, 3.63) is 223 Å². The van der Waals surface area contributed by atoms with Gasteiger partial charge in [-0.3, -0.25) is 0 Å². The van der Waals surface area contributed by atoms with Crippen LogP contribution < -0.4 is 9.47 Å². The average molecular weight is 1260 g/mol. The van der Waals surface area contributed by atoms with Crippen LogP contribution >= 0.6 is 23.2 Å². The number of methoxy groups -OCH3 is 2. The highest BCUT2D eigenvalue weighted by Gasteiger charge is 2.35. The van der Waals surface area contributed by atoms with Gasteiger partial charge in [-0.05, 0) is 108 Å². The molecule has 2 fully saturated rings. The number of hydrogen-bond acceptors (Lipinski definition) is 13. The van der Waals surface area contributed by atoms with E-state index in [1.165, 1.54) is 72.8 Å². The third-order valence-electron chi connectivity index (χ3n) is 15.7. The van der Waals surface area contributed by atoms with Crippen molar-refractivity contribution in [1.29, 1.82) is 0 Å². The van der Waals surface area contributed by atoms with Crippen molar-refractivity contribution in [2.45, 2.75) is 38.1 Å². The Bertz CT molecular complexity index is 4090. The zero-order valence-electron chi connectivity index (χ0n) is 47.5. The lowest BCUT2D eigenvalue weighted by Crippen LogP contribution is -2.23. The molecule has 0 radical (unpaired) electrons. The fraction of sp³-hybridized carbons (Fsp3) is 0.242. The van der Waals surface area contributed by atoms with E-state index in [1.807, 2.05) is 9.13 Å². The normalized spacial score (nSPS) is 16.6. The maximum Gasteiger partial charge on any atom is 0.346 e. The number of nitrogens with zero attached hydrogens (tertiary/aromatic N) is 6. The monoisotopic (exact) mass is 1260 g/mol. The van der Waals surface area contributed by atoms with E-state index in [9.17, 15) is 18.4 Å². The number of esters is 2. The molecular formula is C66H52Cl2F6N6O9. The molecule has 2 aliphatic heterocycles. The summed E-state index contributed by atoms with van der Waals surface area (Å²) in [4.78, 5) is 46.7. The minimum Gasteiger partial charge on any atom is -0.473 e. The van der Waals surface area contributed by atoms with Gasteiger partial charge in [-0.25, -0.2) is 55.9 Å². The van der Waals surface area contributed by atoms with Gasteiger partial charge in [0.25, 0.3) is 0 Å². The summed E-state index contributed by atoms with van der Waals surface area (Å²) in [6.07, 6.45) is -0.398. The maximum absolute atomic E-state index is 16.3. The highest BCUT2D eigenvalue weighted by molar-refractivity contribution is 6.30. The molecule has 456 valence electrons. The van der Waals surface area contributed by atoms with Crippen LogP contribution in [-0.4, -0.2) is 94.9 Å². The van der Waals surface area contributed by atoms with Crippen molar-refractivity contribution in [3.63, 3.8) is 0 Å². The van der Waals surface area contributed by atoms with Gasteiger partial charge in [0.2, 0.25) is 11.8 Å². The third kappa shape index (κ3) is 12.9. The smallest absolute Gasteiger partial charge is 0.346 e. The molecule has 2 saturated heterocycles. The summed E-state index contributed by atoms with van der Waals surface area (Å²) in [6.45, 7) is 1.19. The van der Waals surface area contributed by atoms with Crippen molar-refractivity contribution in [2.75, 3.05) is 53.9 Å². The van der Waals surface area contributed by atoms with E-state index in [0.717, 1.165) is 36.4 Å². The minimum absolute atomic E-state index is 0.0267. The molecule has 10 aromatic rings. The molecule has 6 heterocycles. The van der Waals surface area contributed by atoms with E-state index in [-0.39, 0.29) is 142 Å². The van der Waals surface area contributed by atoms with Crippen LogP contribution in [0, 0.1) is 46.7 Å². The molecule has 12 rings (SSSR count). The number of imidazole rings is 2. The molecule has 0 bridgehead atoms. The van der Waals surface area contributed by atoms with Gasteiger partial charge in [0.05, 0.1) is 96.3 Å². The molecule has 0 saturated carbocycles. The second-order valence-corrected chi connectivity index (χ2v) is 22.4. The first-order valence-electron chi connectivity index (χ1n) is 28.0. The first kappa shape index (κ1) is 60.6. The number of carbonyl (C=O) groups is 2. The average Bonchev–Trinajstić information content (AvgIpc) is 1.71. The SMILES string of the molecule is COC[C@H]1COC[C@H]1n1c(Cc2cc(F)c(-c3cccc(OCc4ccc(Cl)cc4F)n3)cc2F)nc2ccc(C(=O)OC(=O)c3ccc4nc(Cc5cc(F)c(-c6cccc(OCc7ccc(Cl)cc7F)n6)cc5F)n([C@@H]5COC[C@@H]5COC)c4c3)cc21. The number of fused-ring (bicyclic) bond motifs is 2. The number of pyridine rings is 2. The van der Waals surface area contributed by atoms with Crippen LogP contribution in [0.5, 0.6) is 11.8 Å². The van der Waals surface area contributed by atoms with Crippen LogP contribution in [0.4, 0.5) is 26.3 Å². The topological polar surface area (TPSA) is 160 Å². The Labute approximate surface area is 514 Å². The van der Waals surface area contributed by atoms with Gasteiger partial charge in [-0.2, -0.15) is 0 Å². The molecule has 2 aliphatic rings. The lowest BCUT2D eigenvalue weighted by Gasteiger charge is -2.22. The molecule has 0 spiro atoms. The molecule has 89 heavy (non-hydrogen) atoms. The van der Waals surface area contributed by atoms with E-state index in [4.69, 9.17) is 66.3 Å². The number of rotatable bonds is 20. The lowest BCUT2D eigenvalue weighted by molar-refractivity contribution is 0.0397. The molecule has 15 nitrogen and oxygen atoms in total. The predicted octanol–water partition coefficient (Wildman–Crippen LogP) is 13.7. The summed E-state index contributed by atoms with van der Waals surface area (Å²) >= 11 is 11.8. The second-order valence-electron chi connectivity index (χ2n) is 21.5. The molecule has 4 aromatic heterocycles. The van der Waals surface area contributed by atoms with E-state index in [0.29, 0.717) is 46.9 Å². The second kappa shape index (κ2) is 26.2. The maximum atomic E-state index is 16.3. The Hall–Kier alpha value is -8.70. The van der Waals surface area contributed by atoms with Gasteiger partial charge < -0.3 is 42.3 Å². The molecule has 23 heteroatoms. The van der Waals surface area contributed by atoms with Crippen molar-refractivity contribution in [2.24, 2.45) is 11.8 Å². The standard InChI is InChI=1S/C66H52Cl2F6N6O9/c1-83-27-41-29-85-33-59(41)79-57-19-35(11-15-55(57)75-61(79)21-39-17-51(73)45(25-49(39)71)53-5-3-7-63(77-53)87-31-37-9-13-43(67)23-47(37)69)65(81)89-66(82)36-12-16-56-58(20-36)80(60-34-86-30-42(60)28-84-2)62(76-56)22-40-18-52(74)46(26-50(40)72)54-6-4-8-64(78-54)88-32-38-10-14-44(68)24-48(38)70/h3-20,23-26,41-42,59-60H,21-22,27-34H2,1-2H3/t41-,42-,59+,60+/m0/s1. The number of carbonyl (C=O) groups excluding carboxylic acids is 2. The summed E-state index contributed by atoms with van der Waals surface area (Å²) in [5, 5.41) is 0.441. The number of hydrogen-bond donors (Lipinski definition) is 0. The Kier molecular flexibility index (Phi) is 17.8. The van der Waals surface area contributed by atoms with Gasteiger partial charge in [0, 0.05) is 83.3 Å². The summed E-state index contributed by atoms with van der Waals surface area (Å²) < 4.78 is 137. The first-order chi connectivity index (χ1) is 43.1. The van der Waals surface area contributed by atoms with E-state index in [1.54, 1.807) is 38.5 Å². The molecule has 0 unspecified atom stereocenters. The Morgan fingerprint density at radius 3 is 1.34 bits per heavy atom. The molecule has 0 N–H and O–H groups in total. The largest absolute Gasteiger partial charge is 0.473 e. The fourth-order valence-corrected chi connectivity index (χ4v) is 11.6. The zero-order valence-corrected chi connectivity index (χ0v) is 49.0. The Morgan fingerprint density at radius 2 is 0.921 bits per heavy atom. The summed E-state index contributed by atoms with van der Waals surface area (Å²) in [5.41, 5.74) is 1.80. The zero-order chi connectivity index (χ0) is 62.0. The van der Waals surface area contributed by atoms with Crippen molar-refractivity contribution in [1.82, 2.24) is 29.1 Å². The van der Waals surface area contributed by atoms with Gasteiger partial charge in [-0.1, -0.05) is 47.5 Å². The molecule has 6 aromatic carbocycles. The molecule has 4 atom stereocenters. The van der Waals surface area contributed by atoms with Crippen molar-refractivity contribution in [3.8, 4) is 34.3 Å². The van der Waals surface area contributed by atoms with Gasteiger partial charge in [0.15, 0.2) is 0 Å². The van der Waals surface area contributed by atoms with Gasteiger partial charge >= 0.3 is 11.9 Å². The number of ether oxygens (including phenoxy) is 7. The lowest BCUT2D eigenvalue weighted by atomic mass is 10.0. The Balaban J connectivity index is 0.798. The van der Waals surface area contributed by atoms with E-state index < -0.39 is 58.9 Å². The highest BCUT2D eigenvalue weighted by Crippen LogP contribution is 2.37. The van der Waals surface area contributed by atoms with Crippen LogP contribution in [0.2, 0.25) is 10.0 Å². The summed E-state index contributed by atoms with van der Waals surface area (Å²) in [6, 6.07) is 29.7. The van der Waals surface area contributed by atoms with Gasteiger partial charge in [0.1, 0.15) is 59.8 Å². The third-order valence-corrected chi connectivity index (χ3v) is 16.2. The van der Waals surface area contributed by atoms with Crippen molar-refractivity contribution >= 4 is 57.2 Å². The molecule has 0 amide bonds. The van der Waals surface area contributed by atoms with Crippen LogP contribution in [0.1, 0.15) is 66.7 Å². The van der Waals surface area contributed by atoms with Crippen LogP contribution in [-0.2, 0) is 49.7 Å². The molecular weight excluding hydrogens is 1210 g/mol. The van der Waals surface area contributed by atoms with Crippen LogP contribution in [0.15, 0.2) is 133 Å². The number of benzene rings is 6. The fourth-order valence-electron chi connectivity index (χ4n) is 11.3. The number of halogens is 8. The number of aromatic nitrogens is 6. The highest BCUT2D eigenvalue weighted by atomic mass is 35.5.